The van der Waals surface area contributed by atoms with E-state index in [1.807, 2.05) is 24.3 Å². The van der Waals surface area contributed by atoms with Gasteiger partial charge in [-0.15, -0.1) is 0 Å². The number of aryl methyl sites for hydroxylation is 1. The lowest BCUT2D eigenvalue weighted by Gasteiger charge is -2.05. The third-order valence-electron chi connectivity index (χ3n) is 3.43. The fraction of sp³-hybridized carbons (Fsp3) is 0.375. The highest BCUT2D eigenvalue weighted by Crippen LogP contribution is 2.20. The molecular formula is C16H20N4O. The SMILES string of the molecule is CCCCc1nn(Cc2ccc(OC)cc2)c(N)c1C#N. The third-order valence-corrected chi connectivity index (χ3v) is 3.43. The Morgan fingerprint density at radius 2 is 2.05 bits per heavy atom. The molecule has 5 heteroatoms. The Morgan fingerprint density at radius 1 is 1.33 bits per heavy atom. The molecule has 1 heterocycles. The number of benzene rings is 1. The number of nitrogens with two attached hydrogens (primary N) is 1. The van der Waals surface area contributed by atoms with Gasteiger partial charge in [0.15, 0.2) is 0 Å². The maximum absolute atomic E-state index is 9.25. The van der Waals surface area contributed by atoms with E-state index in [2.05, 4.69) is 18.1 Å². The Bertz CT molecular complexity index is 638. The molecule has 2 rings (SSSR count). The lowest BCUT2D eigenvalue weighted by Crippen LogP contribution is -2.06. The second-order valence-electron chi connectivity index (χ2n) is 4.93. The zero-order valence-electron chi connectivity index (χ0n) is 12.5. The summed E-state index contributed by atoms with van der Waals surface area (Å²) in [6.07, 6.45) is 2.86. The van der Waals surface area contributed by atoms with Crippen LogP contribution in [0.4, 0.5) is 5.82 Å². The van der Waals surface area contributed by atoms with Crippen LogP contribution in [0.25, 0.3) is 0 Å². The van der Waals surface area contributed by atoms with Crippen LogP contribution in [0.2, 0.25) is 0 Å². The van der Waals surface area contributed by atoms with Crippen LogP contribution < -0.4 is 10.5 Å². The molecule has 0 amide bonds. The normalized spacial score (nSPS) is 10.3. The van der Waals surface area contributed by atoms with Crippen molar-refractivity contribution in [2.45, 2.75) is 32.7 Å². The number of nitrogens with zero attached hydrogens (tertiary/aromatic N) is 3. The first-order valence-corrected chi connectivity index (χ1v) is 7.07. The van der Waals surface area contributed by atoms with Gasteiger partial charge in [0.2, 0.25) is 0 Å². The van der Waals surface area contributed by atoms with E-state index in [0.717, 1.165) is 36.3 Å². The first-order chi connectivity index (χ1) is 10.2. The van der Waals surface area contributed by atoms with Crippen molar-refractivity contribution in [3.05, 3.63) is 41.1 Å². The number of nitriles is 1. The topological polar surface area (TPSA) is 76.9 Å². The van der Waals surface area contributed by atoms with E-state index < -0.39 is 0 Å². The number of unbranched alkanes of at least 4 members (excludes halogenated alkanes) is 1. The van der Waals surface area contributed by atoms with Crippen LogP contribution in [-0.4, -0.2) is 16.9 Å². The number of ether oxygens (including phenoxy) is 1. The predicted molar refractivity (Wildman–Crippen MR) is 82.1 cm³/mol. The molecule has 2 aromatic rings. The van der Waals surface area contributed by atoms with E-state index in [0.29, 0.717) is 17.9 Å². The van der Waals surface area contributed by atoms with Crippen molar-refractivity contribution < 1.29 is 4.74 Å². The minimum absolute atomic E-state index is 0.444. The summed E-state index contributed by atoms with van der Waals surface area (Å²) in [5.74, 6) is 1.26. The molecule has 0 aliphatic rings. The molecule has 0 aliphatic heterocycles. The second kappa shape index (κ2) is 6.80. The maximum Gasteiger partial charge on any atom is 0.140 e. The Labute approximate surface area is 124 Å². The van der Waals surface area contributed by atoms with Crippen LogP contribution in [0.15, 0.2) is 24.3 Å². The van der Waals surface area contributed by atoms with Gasteiger partial charge >= 0.3 is 0 Å². The van der Waals surface area contributed by atoms with Crippen molar-refractivity contribution in [3.63, 3.8) is 0 Å². The summed E-state index contributed by atoms with van der Waals surface area (Å²) in [5, 5.41) is 13.7. The quantitative estimate of drug-likeness (QED) is 0.884. The summed E-state index contributed by atoms with van der Waals surface area (Å²) in [6, 6.07) is 9.91. The van der Waals surface area contributed by atoms with Crippen LogP contribution in [0.3, 0.4) is 0 Å². The minimum Gasteiger partial charge on any atom is -0.497 e. The zero-order valence-corrected chi connectivity index (χ0v) is 12.5. The number of rotatable bonds is 6. The van der Waals surface area contributed by atoms with Crippen LogP contribution in [-0.2, 0) is 13.0 Å². The molecule has 0 fully saturated rings. The van der Waals surface area contributed by atoms with Crippen LogP contribution in [0, 0.1) is 11.3 Å². The molecule has 1 aromatic carbocycles. The first-order valence-electron chi connectivity index (χ1n) is 7.07. The number of methoxy groups -OCH3 is 1. The van der Waals surface area contributed by atoms with Crippen molar-refractivity contribution >= 4 is 5.82 Å². The number of hydrogen-bond acceptors (Lipinski definition) is 4. The van der Waals surface area contributed by atoms with Gasteiger partial charge in [-0.25, -0.2) is 4.68 Å². The highest BCUT2D eigenvalue weighted by atomic mass is 16.5. The van der Waals surface area contributed by atoms with Crippen molar-refractivity contribution in [3.8, 4) is 11.8 Å². The van der Waals surface area contributed by atoms with Crippen molar-refractivity contribution in [1.29, 1.82) is 5.26 Å². The lowest BCUT2D eigenvalue weighted by atomic mass is 10.1. The predicted octanol–water partition coefficient (Wildman–Crippen LogP) is 2.74. The van der Waals surface area contributed by atoms with Gasteiger partial charge < -0.3 is 10.5 Å². The molecule has 0 unspecified atom stereocenters. The van der Waals surface area contributed by atoms with Gasteiger partial charge in [-0.05, 0) is 30.5 Å². The van der Waals surface area contributed by atoms with Gasteiger partial charge in [0.1, 0.15) is 23.2 Å². The molecule has 110 valence electrons. The highest BCUT2D eigenvalue weighted by molar-refractivity contribution is 5.52. The summed E-state index contributed by atoms with van der Waals surface area (Å²) in [5.41, 5.74) is 8.42. The van der Waals surface area contributed by atoms with Gasteiger partial charge in [-0.1, -0.05) is 25.5 Å². The van der Waals surface area contributed by atoms with E-state index in [1.54, 1.807) is 11.8 Å². The largest absolute Gasteiger partial charge is 0.497 e. The Morgan fingerprint density at radius 3 is 2.62 bits per heavy atom. The zero-order chi connectivity index (χ0) is 15.2. The third kappa shape index (κ3) is 3.34. The molecule has 5 nitrogen and oxygen atoms in total. The van der Waals surface area contributed by atoms with E-state index in [4.69, 9.17) is 10.5 Å². The highest BCUT2D eigenvalue weighted by Gasteiger charge is 2.15. The Hall–Kier alpha value is -2.48. The number of hydrogen-bond donors (Lipinski definition) is 1. The van der Waals surface area contributed by atoms with E-state index in [1.165, 1.54) is 0 Å². The van der Waals surface area contributed by atoms with Gasteiger partial charge in [-0.2, -0.15) is 10.4 Å². The smallest absolute Gasteiger partial charge is 0.140 e. The van der Waals surface area contributed by atoms with Gasteiger partial charge in [0, 0.05) is 0 Å². The summed E-state index contributed by atoms with van der Waals surface area (Å²) < 4.78 is 6.84. The van der Waals surface area contributed by atoms with Gasteiger partial charge in [0.05, 0.1) is 19.3 Å². The molecule has 21 heavy (non-hydrogen) atoms. The number of anilines is 1. The molecule has 0 radical (unpaired) electrons. The molecule has 0 spiro atoms. The number of nitrogen functional groups attached to an aromatic ring is 1. The summed E-state index contributed by atoms with van der Waals surface area (Å²) in [7, 11) is 1.64. The Kier molecular flexibility index (Phi) is 4.83. The van der Waals surface area contributed by atoms with Gasteiger partial charge in [-0.3, -0.25) is 0 Å². The van der Waals surface area contributed by atoms with Crippen LogP contribution in [0.5, 0.6) is 5.75 Å². The lowest BCUT2D eigenvalue weighted by molar-refractivity contribution is 0.414. The molecular weight excluding hydrogens is 264 g/mol. The molecule has 0 saturated carbocycles. The molecule has 0 saturated heterocycles. The molecule has 0 bridgehead atoms. The average Bonchev–Trinajstić information content (AvgIpc) is 2.81. The molecule has 2 N–H and O–H groups in total. The molecule has 0 atom stereocenters. The maximum atomic E-state index is 9.25. The fourth-order valence-electron chi connectivity index (χ4n) is 2.19. The van der Waals surface area contributed by atoms with Crippen molar-refractivity contribution in [2.75, 3.05) is 12.8 Å². The van der Waals surface area contributed by atoms with Crippen molar-refractivity contribution in [2.24, 2.45) is 0 Å². The summed E-state index contributed by atoms with van der Waals surface area (Å²) >= 11 is 0. The fourth-order valence-corrected chi connectivity index (χ4v) is 2.19. The average molecular weight is 284 g/mol. The minimum atomic E-state index is 0.444. The molecule has 1 aromatic heterocycles. The number of aromatic nitrogens is 2. The summed E-state index contributed by atoms with van der Waals surface area (Å²) in [6.45, 7) is 2.67. The van der Waals surface area contributed by atoms with Crippen LogP contribution >= 0.6 is 0 Å². The van der Waals surface area contributed by atoms with Gasteiger partial charge in [0.25, 0.3) is 0 Å². The van der Waals surface area contributed by atoms with E-state index in [-0.39, 0.29) is 0 Å². The standard InChI is InChI=1S/C16H20N4O/c1-3-4-5-15-14(10-17)16(18)20(19-15)11-12-6-8-13(21-2)9-7-12/h6-9H,3-5,11,18H2,1-2H3. The van der Waals surface area contributed by atoms with E-state index in [9.17, 15) is 5.26 Å². The summed E-state index contributed by atoms with van der Waals surface area (Å²) in [4.78, 5) is 0. The van der Waals surface area contributed by atoms with Crippen LogP contribution in [0.1, 0.15) is 36.6 Å². The van der Waals surface area contributed by atoms with E-state index >= 15 is 0 Å². The van der Waals surface area contributed by atoms with Crippen molar-refractivity contribution in [1.82, 2.24) is 9.78 Å². The first kappa shape index (κ1) is 14.9. The Balaban J connectivity index is 2.23. The molecule has 0 aliphatic carbocycles. The second-order valence-corrected chi connectivity index (χ2v) is 4.93. The monoisotopic (exact) mass is 284 g/mol.